The first-order valence-electron chi connectivity index (χ1n) is 16.7. The molecule has 4 unspecified atom stereocenters. The molecule has 0 saturated heterocycles. The summed E-state index contributed by atoms with van der Waals surface area (Å²) in [7, 11) is 0. The van der Waals surface area contributed by atoms with Gasteiger partial charge in [-0.25, -0.2) is 0 Å². The van der Waals surface area contributed by atoms with E-state index >= 15 is 0 Å². The molecule has 0 aromatic heterocycles. The molecule has 3 N–H and O–H groups in total. The zero-order valence-electron chi connectivity index (χ0n) is 28.0. The molecule has 4 atom stereocenters. The van der Waals surface area contributed by atoms with E-state index in [2.05, 4.69) is 23.8 Å². The minimum Gasteiger partial charge on any atom is -0.489 e. The summed E-state index contributed by atoms with van der Waals surface area (Å²) in [5.74, 6) is -1.20. The molecule has 0 aliphatic heterocycles. The Morgan fingerprint density at radius 1 is 0.812 bits per heavy atom. The third-order valence-corrected chi connectivity index (χ3v) is 7.98. The Balaban J connectivity index is 1.46. The lowest BCUT2D eigenvalue weighted by Gasteiger charge is -2.22. The van der Waals surface area contributed by atoms with E-state index in [1.54, 1.807) is 13.0 Å². The van der Waals surface area contributed by atoms with Gasteiger partial charge in [0.15, 0.2) is 0 Å². The number of benzene rings is 3. The second kappa shape index (κ2) is 21.2. The highest BCUT2D eigenvalue weighted by molar-refractivity contribution is 5.86. The van der Waals surface area contributed by atoms with Crippen molar-refractivity contribution in [2.45, 2.75) is 70.6 Å². The van der Waals surface area contributed by atoms with E-state index in [9.17, 15) is 19.5 Å². The van der Waals surface area contributed by atoms with Crippen molar-refractivity contribution in [3.63, 3.8) is 0 Å². The lowest BCUT2D eigenvalue weighted by Crippen LogP contribution is -2.44. The molecule has 8 nitrogen and oxygen atoms in total. The number of ether oxygens (including phenoxy) is 2. The Kier molecular flexibility index (Phi) is 16.7. The van der Waals surface area contributed by atoms with Gasteiger partial charge < -0.3 is 25.2 Å². The maximum absolute atomic E-state index is 13.1. The summed E-state index contributed by atoms with van der Waals surface area (Å²) in [5.41, 5.74) is 3.07. The topological polar surface area (TPSA) is 114 Å². The summed E-state index contributed by atoms with van der Waals surface area (Å²) in [6.07, 6.45) is 7.00. The standard InChI is InChI=1S/C40H50N2O6/c1-4-6-9-19-35(24-31-15-10-7-11-16-31)40(46)48-28-30(3)41-39(45)34(14-5-2)26-38(44)42-36(27-43)25-32-20-22-37(23-21-32)47-29-33-17-12-8-13-18-33/h4-5,7-8,10-13,15-18,20-23,30,34-36,43H,1-2,6,9,14,19,24-29H2,3H3,(H,41,45)(H,42,44). The SMILES string of the molecule is C=CCCCC(Cc1ccccc1)C(=O)OCC(C)NC(=O)C(CC=C)CC(=O)NC(CO)Cc1ccc(OCc2ccccc2)cc1. The van der Waals surface area contributed by atoms with Crippen LogP contribution in [0.25, 0.3) is 0 Å². The number of carbonyl (C=O) groups excluding carboxylic acids is 3. The molecule has 0 radical (unpaired) electrons. The molecule has 3 aromatic carbocycles. The first kappa shape index (κ1) is 37.8. The quantitative estimate of drug-likeness (QED) is 0.0683. The monoisotopic (exact) mass is 654 g/mol. The number of aliphatic hydroxyl groups excluding tert-OH is 1. The van der Waals surface area contributed by atoms with E-state index in [1.807, 2.05) is 91.0 Å². The molecule has 256 valence electrons. The smallest absolute Gasteiger partial charge is 0.309 e. The summed E-state index contributed by atoms with van der Waals surface area (Å²) in [5, 5.41) is 15.7. The number of esters is 1. The van der Waals surface area contributed by atoms with Gasteiger partial charge in [-0.15, -0.1) is 13.2 Å². The maximum atomic E-state index is 13.1. The van der Waals surface area contributed by atoms with Gasteiger partial charge in [0.25, 0.3) is 0 Å². The second-order valence-corrected chi connectivity index (χ2v) is 12.1. The predicted octanol–water partition coefficient (Wildman–Crippen LogP) is 6.13. The molecule has 0 aliphatic rings. The van der Waals surface area contributed by atoms with E-state index in [0.717, 1.165) is 35.3 Å². The Morgan fingerprint density at radius 3 is 2.08 bits per heavy atom. The molecule has 0 bridgehead atoms. The van der Waals surface area contributed by atoms with E-state index in [0.29, 0.717) is 32.3 Å². The highest BCUT2D eigenvalue weighted by atomic mass is 16.5. The van der Waals surface area contributed by atoms with Gasteiger partial charge in [0.1, 0.15) is 19.0 Å². The van der Waals surface area contributed by atoms with Crippen molar-refractivity contribution in [1.29, 1.82) is 0 Å². The number of hydrogen-bond donors (Lipinski definition) is 3. The van der Waals surface area contributed by atoms with Gasteiger partial charge in [-0.1, -0.05) is 84.9 Å². The molecule has 8 heteroatoms. The van der Waals surface area contributed by atoms with E-state index in [4.69, 9.17) is 9.47 Å². The average molecular weight is 655 g/mol. The first-order chi connectivity index (χ1) is 23.3. The zero-order chi connectivity index (χ0) is 34.6. The van der Waals surface area contributed by atoms with Crippen LogP contribution in [-0.4, -0.2) is 48.2 Å². The van der Waals surface area contributed by atoms with Crippen LogP contribution in [0.4, 0.5) is 0 Å². The minimum absolute atomic E-state index is 0.0208. The zero-order valence-corrected chi connectivity index (χ0v) is 28.0. The second-order valence-electron chi connectivity index (χ2n) is 12.1. The summed E-state index contributed by atoms with van der Waals surface area (Å²) < 4.78 is 11.5. The van der Waals surface area contributed by atoms with Crippen molar-refractivity contribution in [2.75, 3.05) is 13.2 Å². The maximum Gasteiger partial charge on any atom is 0.309 e. The Hall–Kier alpha value is -4.69. The van der Waals surface area contributed by atoms with Crippen LogP contribution in [0.2, 0.25) is 0 Å². The van der Waals surface area contributed by atoms with Crippen LogP contribution in [0.5, 0.6) is 5.75 Å². The molecule has 3 rings (SSSR count). The molecule has 0 heterocycles. The number of aliphatic hydroxyl groups is 1. The average Bonchev–Trinajstić information content (AvgIpc) is 3.10. The molecule has 48 heavy (non-hydrogen) atoms. The fourth-order valence-corrected chi connectivity index (χ4v) is 5.34. The van der Waals surface area contributed by atoms with Gasteiger partial charge in [-0.2, -0.15) is 0 Å². The van der Waals surface area contributed by atoms with Crippen LogP contribution in [0.15, 0.2) is 110 Å². The van der Waals surface area contributed by atoms with Crippen molar-refractivity contribution in [3.8, 4) is 5.75 Å². The van der Waals surface area contributed by atoms with Crippen LogP contribution < -0.4 is 15.4 Å². The summed E-state index contributed by atoms with van der Waals surface area (Å²) in [6, 6.07) is 26.3. The normalized spacial score (nSPS) is 13.3. The largest absolute Gasteiger partial charge is 0.489 e. The van der Waals surface area contributed by atoms with Crippen molar-refractivity contribution in [1.82, 2.24) is 10.6 Å². The molecule has 0 aliphatic carbocycles. The first-order valence-corrected chi connectivity index (χ1v) is 16.7. The van der Waals surface area contributed by atoms with Gasteiger partial charge in [-0.05, 0) is 74.3 Å². The molecule has 0 spiro atoms. The molecular weight excluding hydrogens is 604 g/mol. The molecule has 0 saturated carbocycles. The van der Waals surface area contributed by atoms with Crippen molar-refractivity contribution < 1.29 is 29.0 Å². The third-order valence-electron chi connectivity index (χ3n) is 7.98. The highest BCUT2D eigenvalue weighted by Gasteiger charge is 2.25. The fourth-order valence-electron chi connectivity index (χ4n) is 5.34. The predicted molar refractivity (Wildman–Crippen MR) is 189 cm³/mol. The van der Waals surface area contributed by atoms with Crippen LogP contribution in [0, 0.1) is 11.8 Å². The van der Waals surface area contributed by atoms with E-state index in [1.165, 1.54) is 0 Å². The molecule has 2 amide bonds. The number of amides is 2. The lowest BCUT2D eigenvalue weighted by atomic mass is 9.94. The lowest BCUT2D eigenvalue weighted by molar-refractivity contribution is -0.150. The number of unbranched alkanes of at least 4 members (excludes halogenated alkanes) is 1. The Labute approximate surface area is 285 Å². The number of hydrogen-bond acceptors (Lipinski definition) is 6. The number of allylic oxidation sites excluding steroid dienone is 2. The number of nitrogens with one attached hydrogen (secondary N) is 2. The van der Waals surface area contributed by atoms with Crippen molar-refractivity contribution in [2.24, 2.45) is 11.8 Å². The van der Waals surface area contributed by atoms with E-state index in [-0.39, 0.29) is 43.3 Å². The van der Waals surface area contributed by atoms with Crippen molar-refractivity contribution in [3.05, 3.63) is 127 Å². The van der Waals surface area contributed by atoms with Gasteiger partial charge in [0.2, 0.25) is 11.8 Å². The fraction of sp³-hybridized carbons (Fsp3) is 0.375. The summed E-state index contributed by atoms with van der Waals surface area (Å²) >= 11 is 0. The summed E-state index contributed by atoms with van der Waals surface area (Å²) in [6.45, 7) is 9.51. The van der Waals surface area contributed by atoms with Crippen molar-refractivity contribution >= 4 is 17.8 Å². The summed E-state index contributed by atoms with van der Waals surface area (Å²) in [4.78, 5) is 39.1. The number of rotatable bonds is 22. The third kappa shape index (κ3) is 14.0. The van der Waals surface area contributed by atoms with Gasteiger partial charge >= 0.3 is 5.97 Å². The van der Waals surface area contributed by atoms with E-state index < -0.39 is 18.0 Å². The van der Waals surface area contributed by atoms with Gasteiger partial charge in [-0.3, -0.25) is 14.4 Å². The number of carbonyl (C=O) groups is 3. The molecule has 0 fully saturated rings. The molecular formula is C40H50N2O6. The van der Waals surface area contributed by atoms with Crippen LogP contribution in [0.1, 0.15) is 55.7 Å². The van der Waals surface area contributed by atoms with Gasteiger partial charge in [0, 0.05) is 6.42 Å². The molecule has 3 aromatic rings. The van der Waals surface area contributed by atoms with Crippen LogP contribution in [0.3, 0.4) is 0 Å². The Bertz CT molecular complexity index is 1410. The van der Waals surface area contributed by atoms with Gasteiger partial charge in [0.05, 0.1) is 30.5 Å². The van der Waals surface area contributed by atoms with Crippen LogP contribution >= 0.6 is 0 Å². The Morgan fingerprint density at radius 2 is 1.46 bits per heavy atom. The van der Waals surface area contributed by atoms with Crippen LogP contribution in [-0.2, 0) is 38.6 Å². The highest BCUT2D eigenvalue weighted by Crippen LogP contribution is 2.19. The minimum atomic E-state index is -0.661.